The number of rotatable bonds is 6. The van der Waals surface area contributed by atoms with Crippen LogP contribution >= 0.6 is 0 Å². The molecule has 2 aromatic rings. The summed E-state index contributed by atoms with van der Waals surface area (Å²) in [5, 5.41) is 8.06. The molecule has 1 N–H and O–H groups in total. The fourth-order valence-electron chi connectivity index (χ4n) is 5.24. The molecule has 2 amide bonds. The van der Waals surface area contributed by atoms with Gasteiger partial charge in [-0.25, -0.2) is 0 Å². The van der Waals surface area contributed by atoms with Crippen molar-refractivity contribution in [3.63, 3.8) is 0 Å². The quantitative estimate of drug-likeness (QED) is 0.698. The minimum atomic E-state index is -0.946. The van der Waals surface area contributed by atoms with Crippen molar-refractivity contribution in [3.8, 4) is 0 Å². The van der Waals surface area contributed by atoms with Gasteiger partial charge in [0.15, 0.2) is 0 Å². The number of nitrogens with one attached hydrogen (secondary N) is 1. The van der Waals surface area contributed by atoms with E-state index in [1.54, 1.807) is 9.58 Å². The molecule has 0 bridgehead atoms. The molecule has 1 unspecified atom stereocenters. The maximum Gasteiger partial charge on any atom is 0.273 e. The highest BCUT2D eigenvalue weighted by Crippen LogP contribution is 2.40. The van der Waals surface area contributed by atoms with Crippen molar-refractivity contribution < 1.29 is 9.59 Å². The van der Waals surface area contributed by atoms with E-state index in [4.69, 9.17) is 5.10 Å². The van der Waals surface area contributed by atoms with Gasteiger partial charge in [0, 0.05) is 18.5 Å². The Labute approximate surface area is 190 Å². The number of hydrogen-bond acceptors (Lipinski definition) is 3. The predicted octanol–water partition coefficient (Wildman–Crippen LogP) is 4.06. The second-order valence-electron chi connectivity index (χ2n) is 10.0. The number of amides is 2. The van der Waals surface area contributed by atoms with Gasteiger partial charge in [-0.05, 0) is 50.7 Å². The summed E-state index contributed by atoms with van der Waals surface area (Å²) in [7, 11) is 0. The van der Waals surface area contributed by atoms with Crippen LogP contribution in [0.15, 0.2) is 36.4 Å². The SMILES string of the molecule is CC1(C(=O)NC2CCCCCC2)Cn2nc(C3CC3)cc2C(=O)N1CCc1ccccc1. The Bertz CT molecular complexity index is 973. The van der Waals surface area contributed by atoms with Crippen molar-refractivity contribution in [2.75, 3.05) is 6.54 Å². The molecule has 5 rings (SSSR count). The minimum Gasteiger partial charge on any atom is -0.351 e. The van der Waals surface area contributed by atoms with Crippen molar-refractivity contribution >= 4 is 11.8 Å². The summed E-state index contributed by atoms with van der Waals surface area (Å²) in [5.74, 6) is 0.356. The van der Waals surface area contributed by atoms with Crippen LogP contribution in [0.25, 0.3) is 0 Å². The fourth-order valence-corrected chi connectivity index (χ4v) is 5.24. The minimum absolute atomic E-state index is 0.0417. The number of fused-ring (bicyclic) bond motifs is 1. The zero-order valence-corrected chi connectivity index (χ0v) is 19.1. The van der Waals surface area contributed by atoms with Crippen LogP contribution in [0, 0.1) is 0 Å². The highest BCUT2D eigenvalue weighted by atomic mass is 16.2. The van der Waals surface area contributed by atoms with Crippen molar-refractivity contribution in [3.05, 3.63) is 53.3 Å². The molecule has 2 aliphatic carbocycles. The average Bonchev–Trinajstić information content (AvgIpc) is 3.59. The number of nitrogens with zero attached hydrogens (tertiary/aromatic N) is 3. The number of carbonyl (C=O) groups is 2. The Hall–Kier alpha value is -2.63. The first-order valence-electron chi connectivity index (χ1n) is 12.3. The van der Waals surface area contributed by atoms with Gasteiger partial charge < -0.3 is 10.2 Å². The summed E-state index contributed by atoms with van der Waals surface area (Å²) in [5.41, 5.74) is 1.85. The lowest BCUT2D eigenvalue weighted by Gasteiger charge is -2.44. The van der Waals surface area contributed by atoms with E-state index < -0.39 is 5.54 Å². The molecule has 0 saturated heterocycles. The summed E-state index contributed by atoms with van der Waals surface area (Å²) in [6, 6.07) is 12.3. The Morgan fingerprint density at radius 2 is 1.81 bits per heavy atom. The van der Waals surface area contributed by atoms with Gasteiger partial charge in [-0.3, -0.25) is 14.3 Å². The van der Waals surface area contributed by atoms with Gasteiger partial charge in [0.25, 0.3) is 5.91 Å². The first kappa shape index (κ1) is 21.2. The Morgan fingerprint density at radius 3 is 2.50 bits per heavy atom. The zero-order chi connectivity index (χ0) is 22.1. The van der Waals surface area contributed by atoms with Crippen LogP contribution in [-0.4, -0.2) is 44.6 Å². The Morgan fingerprint density at radius 1 is 1.09 bits per heavy atom. The van der Waals surface area contributed by atoms with Crippen LogP contribution in [0.4, 0.5) is 0 Å². The molecule has 1 aromatic heterocycles. The molecule has 6 heteroatoms. The number of aromatic nitrogens is 2. The van der Waals surface area contributed by atoms with Crippen LogP contribution in [0.2, 0.25) is 0 Å². The van der Waals surface area contributed by atoms with Gasteiger partial charge in [0.1, 0.15) is 11.2 Å². The normalized spacial score (nSPS) is 24.2. The van der Waals surface area contributed by atoms with Gasteiger partial charge >= 0.3 is 0 Å². The zero-order valence-electron chi connectivity index (χ0n) is 19.1. The summed E-state index contributed by atoms with van der Waals surface area (Å²) >= 11 is 0. The molecule has 2 heterocycles. The third-order valence-electron chi connectivity index (χ3n) is 7.46. The molecule has 1 atom stereocenters. The van der Waals surface area contributed by atoms with Gasteiger partial charge in [-0.1, -0.05) is 56.0 Å². The van der Waals surface area contributed by atoms with Gasteiger partial charge in [0.2, 0.25) is 5.91 Å². The van der Waals surface area contributed by atoms with Crippen molar-refractivity contribution in [2.24, 2.45) is 0 Å². The van der Waals surface area contributed by atoms with Crippen LogP contribution in [-0.2, 0) is 17.8 Å². The molecule has 1 aromatic carbocycles. The van der Waals surface area contributed by atoms with Crippen LogP contribution in [0.3, 0.4) is 0 Å². The molecular formula is C26H34N4O2. The predicted molar refractivity (Wildman–Crippen MR) is 123 cm³/mol. The van der Waals surface area contributed by atoms with E-state index in [1.165, 1.54) is 18.4 Å². The second-order valence-corrected chi connectivity index (χ2v) is 10.0. The fraction of sp³-hybridized carbons (Fsp3) is 0.577. The van der Waals surface area contributed by atoms with E-state index in [0.717, 1.165) is 50.6 Å². The lowest BCUT2D eigenvalue weighted by atomic mass is 9.93. The van der Waals surface area contributed by atoms with Crippen LogP contribution in [0.5, 0.6) is 0 Å². The highest BCUT2D eigenvalue weighted by Gasteiger charge is 2.48. The lowest BCUT2D eigenvalue weighted by Crippen LogP contribution is -2.65. The summed E-state index contributed by atoms with van der Waals surface area (Å²) in [4.78, 5) is 29.1. The summed E-state index contributed by atoms with van der Waals surface area (Å²) in [6.45, 7) is 2.85. The lowest BCUT2D eigenvalue weighted by molar-refractivity contribution is -0.133. The maximum absolute atomic E-state index is 13.7. The van der Waals surface area contributed by atoms with Crippen molar-refractivity contribution in [2.45, 2.75) is 88.8 Å². The molecule has 32 heavy (non-hydrogen) atoms. The summed E-state index contributed by atoms with van der Waals surface area (Å²) in [6.07, 6.45) is 9.86. The van der Waals surface area contributed by atoms with Crippen molar-refractivity contribution in [1.82, 2.24) is 20.0 Å². The molecule has 1 aliphatic heterocycles. The average molecular weight is 435 g/mol. The third kappa shape index (κ3) is 4.19. The van der Waals surface area contributed by atoms with Crippen LogP contribution < -0.4 is 5.32 Å². The molecular weight excluding hydrogens is 400 g/mol. The van der Waals surface area contributed by atoms with E-state index in [1.807, 2.05) is 31.2 Å². The Kier molecular flexibility index (Phi) is 5.78. The molecule has 170 valence electrons. The monoisotopic (exact) mass is 434 g/mol. The maximum atomic E-state index is 13.7. The van der Waals surface area contributed by atoms with Crippen molar-refractivity contribution in [1.29, 1.82) is 0 Å². The molecule has 0 spiro atoms. The number of carbonyl (C=O) groups excluding carboxylic acids is 2. The van der Waals surface area contributed by atoms with E-state index in [9.17, 15) is 9.59 Å². The molecule has 3 aliphatic rings. The Balaban J connectivity index is 1.41. The van der Waals surface area contributed by atoms with E-state index in [0.29, 0.717) is 24.7 Å². The number of benzene rings is 1. The van der Waals surface area contributed by atoms with Gasteiger partial charge in [-0.2, -0.15) is 5.10 Å². The van der Waals surface area contributed by atoms with Gasteiger partial charge in [0.05, 0.1) is 12.2 Å². The largest absolute Gasteiger partial charge is 0.351 e. The van der Waals surface area contributed by atoms with E-state index in [-0.39, 0.29) is 17.9 Å². The topological polar surface area (TPSA) is 67.2 Å². The standard InChI is InChI=1S/C26H34N4O2/c1-26(25(32)27-21-11-7-2-3-8-12-21)18-30-23(17-22(28-30)20-13-14-20)24(31)29(26)16-15-19-9-5-4-6-10-19/h4-6,9-10,17,20-21H,2-3,7-8,11-16,18H2,1H3,(H,27,32). The summed E-state index contributed by atoms with van der Waals surface area (Å²) < 4.78 is 1.79. The van der Waals surface area contributed by atoms with Gasteiger partial charge in [-0.15, -0.1) is 0 Å². The smallest absolute Gasteiger partial charge is 0.273 e. The molecule has 0 radical (unpaired) electrons. The third-order valence-corrected chi connectivity index (χ3v) is 7.46. The second kappa shape index (κ2) is 8.72. The first-order valence-corrected chi connectivity index (χ1v) is 12.3. The number of hydrogen-bond donors (Lipinski definition) is 1. The molecule has 2 saturated carbocycles. The van der Waals surface area contributed by atoms with E-state index in [2.05, 4.69) is 17.4 Å². The van der Waals surface area contributed by atoms with Crippen LogP contribution in [0.1, 0.15) is 86.0 Å². The molecule has 6 nitrogen and oxygen atoms in total. The molecule has 2 fully saturated rings. The van der Waals surface area contributed by atoms with E-state index >= 15 is 0 Å². The first-order chi connectivity index (χ1) is 15.5. The highest BCUT2D eigenvalue weighted by molar-refractivity contribution is 5.99.